The van der Waals surface area contributed by atoms with Gasteiger partial charge < -0.3 is 11.1 Å². The Hall–Kier alpha value is -2.55. The summed E-state index contributed by atoms with van der Waals surface area (Å²) in [5, 5.41) is 2.74. The molecule has 3 heteroatoms. The van der Waals surface area contributed by atoms with Gasteiger partial charge in [-0.2, -0.15) is 0 Å². The monoisotopic (exact) mass is 414 g/mol. The van der Waals surface area contributed by atoms with Gasteiger partial charge in [-0.25, -0.2) is 4.39 Å². The minimum Gasteiger partial charge on any atom is -0.383 e. The Morgan fingerprint density at radius 1 is 1.10 bits per heavy atom. The first kappa shape index (κ1) is 29.6. The second-order valence-corrected chi connectivity index (χ2v) is 6.42. The molecule has 0 amide bonds. The molecule has 0 unspecified atom stereocenters. The molecule has 0 fully saturated rings. The Balaban J connectivity index is 0. The third-order valence-corrected chi connectivity index (χ3v) is 4.01. The summed E-state index contributed by atoms with van der Waals surface area (Å²) in [7, 11) is 0. The molecule has 0 saturated heterocycles. The number of halogens is 1. The lowest BCUT2D eigenvalue weighted by molar-refractivity contribution is 0.708. The summed E-state index contributed by atoms with van der Waals surface area (Å²) in [5.74, 6) is 0.0244. The maximum Gasteiger partial charge on any atom is 0.130 e. The third-order valence-electron chi connectivity index (χ3n) is 4.01. The van der Waals surface area contributed by atoms with Gasteiger partial charge in [0, 0.05) is 5.69 Å². The molecule has 0 aliphatic heterocycles. The maximum absolute atomic E-state index is 12.0. The normalized spacial score (nSPS) is 12.3. The highest BCUT2D eigenvalue weighted by Gasteiger charge is 1.95. The first-order chi connectivity index (χ1) is 14.5. The number of allylic oxidation sites excluding steroid dienone is 8. The van der Waals surface area contributed by atoms with Crippen molar-refractivity contribution >= 4 is 5.69 Å². The molecule has 30 heavy (non-hydrogen) atoms. The van der Waals surface area contributed by atoms with Crippen LogP contribution in [0.1, 0.15) is 73.3 Å². The van der Waals surface area contributed by atoms with Crippen LogP contribution in [0.2, 0.25) is 0 Å². The Bertz CT molecular complexity index is 677. The number of anilines is 1. The third kappa shape index (κ3) is 15.4. The van der Waals surface area contributed by atoms with Crippen molar-refractivity contribution in [1.82, 2.24) is 0 Å². The van der Waals surface area contributed by atoms with Crippen LogP contribution in [-0.2, 0) is 6.42 Å². The zero-order chi connectivity index (χ0) is 23.2. The molecule has 0 spiro atoms. The van der Waals surface area contributed by atoms with Crippen molar-refractivity contribution in [3.63, 3.8) is 0 Å². The van der Waals surface area contributed by atoms with Gasteiger partial charge >= 0.3 is 0 Å². The molecule has 1 aromatic carbocycles. The molecule has 0 aliphatic rings. The van der Waals surface area contributed by atoms with Crippen LogP contribution in [0.25, 0.3) is 0 Å². The molecule has 0 saturated carbocycles. The van der Waals surface area contributed by atoms with Crippen LogP contribution >= 0.6 is 0 Å². The highest BCUT2D eigenvalue weighted by molar-refractivity contribution is 5.48. The lowest BCUT2D eigenvalue weighted by Crippen LogP contribution is -2.07. The molecular formula is C27H43FN2. The van der Waals surface area contributed by atoms with E-state index in [1.807, 2.05) is 45.0 Å². The quantitative estimate of drug-likeness (QED) is 0.397. The first-order valence-corrected chi connectivity index (χ1v) is 11.1. The van der Waals surface area contributed by atoms with Gasteiger partial charge in [0.05, 0.1) is 0 Å². The van der Waals surface area contributed by atoms with Crippen molar-refractivity contribution in [1.29, 1.82) is 0 Å². The van der Waals surface area contributed by atoms with Gasteiger partial charge in [-0.05, 0) is 68.9 Å². The molecular weight excluding hydrogens is 371 g/mol. The van der Waals surface area contributed by atoms with Crippen LogP contribution < -0.4 is 11.1 Å². The second kappa shape index (κ2) is 21.2. The van der Waals surface area contributed by atoms with Crippen LogP contribution in [0.3, 0.4) is 0 Å². The molecule has 2 nitrogen and oxygen atoms in total. The highest BCUT2D eigenvalue weighted by Crippen LogP contribution is 2.13. The summed E-state index contributed by atoms with van der Waals surface area (Å²) in [4.78, 5) is 0. The first-order valence-electron chi connectivity index (χ1n) is 11.1. The number of rotatable bonds is 9. The van der Waals surface area contributed by atoms with E-state index in [4.69, 9.17) is 5.73 Å². The number of nitrogens with two attached hydrogens (primary N) is 1. The number of hydrogen-bond donors (Lipinski definition) is 2. The van der Waals surface area contributed by atoms with Crippen LogP contribution in [0.5, 0.6) is 0 Å². The fourth-order valence-electron chi connectivity index (χ4n) is 2.41. The Kier molecular flexibility index (Phi) is 20.9. The topological polar surface area (TPSA) is 38.0 Å². The summed E-state index contributed by atoms with van der Waals surface area (Å²) < 4.78 is 12.0. The lowest BCUT2D eigenvalue weighted by Gasteiger charge is -2.06. The molecule has 0 atom stereocenters. The number of aryl methyl sites for hydroxylation is 1. The standard InChI is InChI=1S/C13H20.C12H17FN2.C2H6/c1-5-8-9-11-12(4)13(7-3)10-6-2;1-2-3-4-10-5-7-11(8-6-10)15-12(14)9-13;1-2/h6-11H,5H2,1-4H3;5-9,15H,2-4,14H2,1H3;1-2H3/b9-8+,10-6-,12-11-,13-7-;12-9+;. The Morgan fingerprint density at radius 3 is 2.20 bits per heavy atom. The summed E-state index contributed by atoms with van der Waals surface area (Å²) in [6.07, 6.45) is 17.7. The van der Waals surface area contributed by atoms with Crippen LogP contribution in [0.15, 0.2) is 84.0 Å². The average Bonchev–Trinajstić information content (AvgIpc) is 2.78. The van der Waals surface area contributed by atoms with Gasteiger partial charge in [0.25, 0.3) is 0 Å². The summed E-state index contributed by atoms with van der Waals surface area (Å²) >= 11 is 0. The van der Waals surface area contributed by atoms with Gasteiger partial charge in [0.15, 0.2) is 0 Å². The van der Waals surface area contributed by atoms with E-state index >= 15 is 0 Å². The van der Waals surface area contributed by atoms with Gasteiger partial charge in [-0.15, -0.1) is 0 Å². The molecule has 1 aromatic rings. The predicted octanol–water partition coefficient (Wildman–Crippen LogP) is 8.62. The van der Waals surface area contributed by atoms with E-state index in [1.165, 1.54) is 29.6 Å². The van der Waals surface area contributed by atoms with E-state index in [1.54, 1.807) is 0 Å². The molecule has 0 bridgehead atoms. The van der Waals surface area contributed by atoms with Crippen LogP contribution in [0.4, 0.5) is 10.1 Å². The maximum atomic E-state index is 12.0. The van der Waals surface area contributed by atoms with E-state index in [9.17, 15) is 4.39 Å². The van der Waals surface area contributed by atoms with E-state index < -0.39 is 0 Å². The number of benzene rings is 1. The Morgan fingerprint density at radius 2 is 1.73 bits per heavy atom. The Labute approximate surface area is 185 Å². The van der Waals surface area contributed by atoms with Crippen molar-refractivity contribution in [2.75, 3.05) is 5.32 Å². The highest BCUT2D eigenvalue weighted by atomic mass is 19.1. The van der Waals surface area contributed by atoms with Crippen LogP contribution in [-0.4, -0.2) is 0 Å². The molecule has 0 aliphatic carbocycles. The van der Waals surface area contributed by atoms with E-state index in [0.29, 0.717) is 6.33 Å². The predicted molar refractivity (Wildman–Crippen MR) is 135 cm³/mol. The van der Waals surface area contributed by atoms with Gasteiger partial charge in [0.2, 0.25) is 0 Å². The van der Waals surface area contributed by atoms with E-state index in [-0.39, 0.29) is 5.82 Å². The molecule has 0 radical (unpaired) electrons. The largest absolute Gasteiger partial charge is 0.383 e. The number of unbranched alkanes of at least 4 members (excludes halogenated alkanes) is 1. The average molecular weight is 415 g/mol. The SMILES string of the molecule is CC.CCCCc1ccc(N/C(N)=C/F)cc1.C\C=C/C(=C/C)C(/C)=C\C=C\CC. The minimum atomic E-state index is 0.0244. The smallest absolute Gasteiger partial charge is 0.130 e. The molecule has 0 aromatic heterocycles. The fourth-order valence-corrected chi connectivity index (χ4v) is 2.41. The van der Waals surface area contributed by atoms with Gasteiger partial charge in [0.1, 0.15) is 12.2 Å². The summed E-state index contributed by atoms with van der Waals surface area (Å²) in [6, 6.07) is 7.87. The van der Waals surface area contributed by atoms with Crippen molar-refractivity contribution in [3.8, 4) is 0 Å². The van der Waals surface area contributed by atoms with Crippen molar-refractivity contribution in [2.24, 2.45) is 5.73 Å². The van der Waals surface area contributed by atoms with E-state index in [0.717, 1.165) is 18.5 Å². The molecule has 3 N–H and O–H groups in total. The second-order valence-electron chi connectivity index (χ2n) is 6.42. The molecule has 168 valence electrons. The molecule has 0 heterocycles. The lowest BCUT2D eigenvalue weighted by atomic mass is 10.1. The number of nitrogens with one attached hydrogen (secondary N) is 1. The summed E-state index contributed by atoms with van der Waals surface area (Å²) in [5.41, 5.74) is 10.0. The van der Waals surface area contributed by atoms with Crippen LogP contribution in [0, 0.1) is 0 Å². The van der Waals surface area contributed by atoms with Crippen molar-refractivity contribution < 1.29 is 4.39 Å². The van der Waals surface area contributed by atoms with Crippen molar-refractivity contribution in [3.05, 3.63) is 89.6 Å². The van der Waals surface area contributed by atoms with E-state index in [2.05, 4.69) is 69.5 Å². The van der Waals surface area contributed by atoms with Gasteiger partial charge in [-0.3, -0.25) is 0 Å². The minimum absolute atomic E-state index is 0.0244. The molecule has 1 rings (SSSR count). The summed E-state index contributed by atoms with van der Waals surface area (Å²) in [6.45, 7) is 14.6. The zero-order valence-electron chi connectivity index (χ0n) is 20.1. The number of hydrogen-bond acceptors (Lipinski definition) is 2. The fraction of sp³-hybridized carbons (Fsp3) is 0.407. The van der Waals surface area contributed by atoms with Crippen molar-refractivity contribution in [2.45, 2.75) is 74.1 Å². The van der Waals surface area contributed by atoms with Gasteiger partial charge in [-0.1, -0.05) is 82.7 Å². The zero-order valence-corrected chi connectivity index (χ0v) is 20.1.